The van der Waals surface area contributed by atoms with Crippen LogP contribution >= 0.6 is 0 Å². The molecule has 28 heavy (non-hydrogen) atoms. The van der Waals surface area contributed by atoms with Gasteiger partial charge in [0.25, 0.3) is 0 Å². The van der Waals surface area contributed by atoms with Gasteiger partial charge in [-0.1, -0.05) is 32.9 Å². The Morgan fingerprint density at radius 2 is 1.64 bits per heavy atom. The van der Waals surface area contributed by atoms with Crippen LogP contribution in [0.4, 0.5) is 17.3 Å². The molecule has 0 atom stereocenters. The number of nitrogens with zero attached hydrogens (tertiary/aromatic N) is 2. The Bertz CT molecular complexity index is 977. The molecule has 0 unspecified atom stereocenters. The summed E-state index contributed by atoms with van der Waals surface area (Å²) in [5, 5.41) is 6.38. The maximum atomic E-state index is 6.20. The highest BCUT2D eigenvalue weighted by molar-refractivity contribution is 5.65. The number of benzene rings is 2. The van der Waals surface area contributed by atoms with E-state index in [4.69, 9.17) is 4.74 Å². The van der Waals surface area contributed by atoms with Crippen molar-refractivity contribution in [2.24, 2.45) is 0 Å². The maximum Gasteiger partial charge on any atom is 0.135 e. The fraction of sp³-hybridized carbons (Fsp3) is 0.304. The standard InChI is InChI=1S/C23H28N4O/c1-15-11-20(28-18-9-7-8-17(12-18)23(3,4)5)16(2)10-19(15)27-22-13-21(24-6)25-14-26-22/h7-14H,1-6H3,(H2,24,25,26,27). The Balaban J connectivity index is 1.84. The Labute approximate surface area is 167 Å². The van der Waals surface area contributed by atoms with Crippen molar-refractivity contribution in [3.05, 3.63) is 65.5 Å². The molecule has 0 spiro atoms. The van der Waals surface area contributed by atoms with Crippen LogP contribution in [0.5, 0.6) is 11.5 Å². The van der Waals surface area contributed by atoms with Crippen LogP contribution in [0.2, 0.25) is 0 Å². The zero-order valence-electron chi connectivity index (χ0n) is 17.4. The molecule has 5 heteroatoms. The van der Waals surface area contributed by atoms with Crippen LogP contribution in [0, 0.1) is 13.8 Å². The van der Waals surface area contributed by atoms with Crippen LogP contribution in [0.15, 0.2) is 48.8 Å². The fourth-order valence-corrected chi connectivity index (χ4v) is 2.89. The number of nitrogens with one attached hydrogen (secondary N) is 2. The molecule has 0 fully saturated rings. The van der Waals surface area contributed by atoms with Crippen molar-refractivity contribution < 1.29 is 4.74 Å². The molecule has 2 N–H and O–H groups in total. The van der Waals surface area contributed by atoms with Crippen molar-refractivity contribution in [3.63, 3.8) is 0 Å². The second kappa shape index (κ2) is 7.89. The molecule has 0 aliphatic heterocycles. The number of hydrogen-bond donors (Lipinski definition) is 2. The molecule has 1 aromatic heterocycles. The summed E-state index contributed by atoms with van der Waals surface area (Å²) in [5.74, 6) is 3.22. The van der Waals surface area contributed by atoms with Crippen LogP contribution in [-0.4, -0.2) is 17.0 Å². The molecule has 0 aliphatic carbocycles. The van der Waals surface area contributed by atoms with Gasteiger partial charge in [0.05, 0.1) is 0 Å². The third kappa shape index (κ3) is 4.60. The van der Waals surface area contributed by atoms with E-state index in [1.165, 1.54) is 11.9 Å². The predicted molar refractivity (Wildman–Crippen MR) is 116 cm³/mol. The zero-order chi connectivity index (χ0) is 20.3. The average molecular weight is 377 g/mol. The van der Waals surface area contributed by atoms with Gasteiger partial charge in [0.15, 0.2) is 0 Å². The van der Waals surface area contributed by atoms with Gasteiger partial charge in [0.2, 0.25) is 0 Å². The van der Waals surface area contributed by atoms with Gasteiger partial charge in [0.1, 0.15) is 29.5 Å². The van der Waals surface area contributed by atoms with Gasteiger partial charge in [-0.3, -0.25) is 0 Å². The highest BCUT2D eigenvalue weighted by atomic mass is 16.5. The average Bonchev–Trinajstić information content (AvgIpc) is 2.65. The number of aryl methyl sites for hydroxylation is 2. The van der Waals surface area contributed by atoms with Crippen LogP contribution < -0.4 is 15.4 Å². The molecule has 0 amide bonds. The number of rotatable bonds is 5. The number of aromatic nitrogens is 2. The lowest BCUT2D eigenvalue weighted by molar-refractivity contribution is 0.474. The second-order valence-electron chi connectivity index (χ2n) is 7.98. The summed E-state index contributed by atoms with van der Waals surface area (Å²) in [4.78, 5) is 8.43. The van der Waals surface area contributed by atoms with Crippen molar-refractivity contribution >= 4 is 17.3 Å². The third-order valence-corrected chi connectivity index (χ3v) is 4.64. The maximum absolute atomic E-state index is 6.20. The minimum Gasteiger partial charge on any atom is -0.457 e. The van der Waals surface area contributed by atoms with E-state index in [2.05, 4.69) is 72.6 Å². The zero-order valence-corrected chi connectivity index (χ0v) is 17.4. The number of anilines is 3. The number of hydrogen-bond acceptors (Lipinski definition) is 5. The van der Waals surface area contributed by atoms with E-state index in [1.54, 1.807) is 0 Å². The van der Waals surface area contributed by atoms with Crippen molar-refractivity contribution in [2.75, 3.05) is 17.7 Å². The van der Waals surface area contributed by atoms with E-state index in [9.17, 15) is 0 Å². The van der Waals surface area contributed by atoms with Gasteiger partial charge >= 0.3 is 0 Å². The Morgan fingerprint density at radius 1 is 0.893 bits per heavy atom. The molecule has 0 radical (unpaired) electrons. The summed E-state index contributed by atoms with van der Waals surface area (Å²) in [7, 11) is 1.84. The molecule has 0 saturated heterocycles. The van der Waals surface area contributed by atoms with E-state index in [0.717, 1.165) is 39.9 Å². The van der Waals surface area contributed by atoms with Gasteiger partial charge in [-0.2, -0.15) is 0 Å². The lowest BCUT2D eigenvalue weighted by Gasteiger charge is -2.20. The Morgan fingerprint density at radius 3 is 2.36 bits per heavy atom. The SMILES string of the molecule is CNc1cc(Nc2cc(C)c(Oc3cccc(C(C)(C)C)c3)cc2C)ncn1. The first-order chi connectivity index (χ1) is 13.3. The normalized spacial score (nSPS) is 11.2. The summed E-state index contributed by atoms with van der Waals surface area (Å²) in [6, 6.07) is 14.3. The fourth-order valence-electron chi connectivity index (χ4n) is 2.89. The first kappa shape index (κ1) is 19.7. The second-order valence-corrected chi connectivity index (χ2v) is 7.98. The molecule has 0 saturated carbocycles. The van der Waals surface area contributed by atoms with Crippen molar-refractivity contribution in [1.82, 2.24) is 9.97 Å². The first-order valence-electron chi connectivity index (χ1n) is 9.43. The van der Waals surface area contributed by atoms with Crippen molar-refractivity contribution in [2.45, 2.75) is 40.0 Å². The molecule has 5 nitrogen and oxygen atoms in total. The van der Waals surface area contributed by atoms with E-state index < -0.39 is 0 Å². The number of ether oxygens (including phenoxy) is 1. The van der Waals surface area contributed by atoms with Crippen LogP contribution in [-0.2, 0) is 5.41 Å². The summed E-state index contributed by atoms with van der Waals surface area (Å²) in [6.45, 7) is 10.7. The molecule has 3 aromatic rings. The molecule has 3 rings (SSSR count). The Kier molecular flexibility index (Phi) is 5.54. The Hall–Kier alpha value is -3.08. The lowest BCUT2D eigenvalue weighted by atomic mass is 9.87. The van der Waals surface area contributed by atoms with Gasteiger partial charge in [-0.25, -0.2) is 9.97 Å². The van der Waals surface area contributed by atoms with E-state index in [-0.39, 0.29) is 5.41 Å². The van der Waals surface area contributed by atoms with Crippen LogP contribution in [0.1, 0.15) is 37.5 Å². The molecule has 0 bridgehead atoms. The predicted octanol–water partition coefficient (Wildman–Crippen LogP) is 5.97. The molecular formula is C23H28N4O. The van der Waals surface area contributed by atoms with Gasteiger partial charge < -0.3 is 15.4 Å². The smallest absolute Gasteiger partial charge is 0.135 e. The van der Waals surface area contributed by atoms with Crippen LogP contribution in [0.25, 0.3) is 0 Å². The highest BCUT2D eigenvalue weighted by Crippen LogP contribution is 2.33. The lowest BCUT2D eigenvalue weighted by Crippen LogP contribution is -2.10. The van der Waals surface area contributed by atoms with E-state index >= 15 is 0 Å². The first-order valence-corrected chi connectivity index (χ1v) is 9.43. The van der Waals surface area contributed by atoms with Crippen molar-refractivity contribution in [1.29, 1.82) is 0 Å². The minimum atomic E-state index is 0.0852. The van der Waals surface area contributed by atoms with E-state index in [0.29, 0.717) is 0 Å². The third-order valence-electron chi connectivity index (χ3n) is 4.64. The largest absolute Gasteiger partial charge is 0.457 e. The van der Waals surface area contributed by atoms with E-state index in [1.807, 2.05) is 32.2 Å². The molecular weight excluding hydrogens is 348 g/mol. The molecule has 0 aliphatic rings. The molecule has 2 aromatic carbocycles. The van der Waals surface area contributed by atoms with Gasteiger partial charge in [0, 0.05) is 18.8 Å². The monoisotopic (exact) mass is 376 g/mol. The quantitative estimate of drug-likeness (QED) is 0.574. The minimum absolute atomic E-state index is 0.0852. The van der Waals surface area contributed by atoms with Crippen molar-refractivity contribution in [3.8, 4) is 11.5 Å². The summed E-state index contributed by atoms with van der Waals surface area (Å²) in [6.07, 6.45) is 1.54. The molecule has 146 valence electrons. The topological polar surface area (TPSA) is 59.1 Å². The molecule has 1 heterocycles. The van der Waals surface area contributed by atoms with Gasteiger partial charge in [-0.15, -0.1) is 0 Å². The highest BCUT2D eigenvalue weighted by Gasteiger charge is 2.15. The summed E-state index contributed by atoms with van der Waals surface area (Å²) >= 11 is 0. The summed E-state index contributed by atoms with van der Waals surface area (Å²) < 4.78 is 6.20. The summed E-state index contributed by atoms with van der Waals surface area (Å²) in [5.41, 5.74) is 4.46. The van der Waals surface area contributed by atoms with Gasteiger partial charge in [-0.05, 0) is 60.2 Å². The van der Waals surface area contributed by atoms with Crippen LogP contribution in [0.3, 0.4) is 0 Å².